The molecule has 0 saturated carbocycles. The number of hydrogen-bond acceptors (Lipinski definition) is 2. The normalized spacial score (nSPS) is 10.5. The Bertz CT molecular complexity index is 2150. The summed E-state index contributed by atoms with van der Waals surface area (Å²) in [5.74, 6) is 0. The summed E-state index contributed by atoms with van der Waals surface area (Å²) in [5.41, 5.74) is 9.62. The van der Waals surface area contributed by atoms with Gasteiger partial charge in [-0.2, -0.15) is 0 Å². The van der Waals surface area contributed by atoms with E-state index in [2.05, 4.69) is 214 Å². The van der Waals surface area contributed by atoms with Gasteiger partial charge in [-0.25, -0.2) is 0 Å². The second-order valence-corrected chi connectivity index (χ2v) is 12.1. The summed E-state index contributed by atoms with van der Waals surface area (Å²) in [6.07, 6.45) is 0. The maximum absolute atomic E-state index is 2.36. The lowest BCUT2D eigenvalue weighted by Gasteiger charge is -2.26. The van der Waals surface area contributed by atoms with Crippen molar-refractivity contribution in [1.82, 2.24) is 0 Å². The molecule has 7 aromatic rings. The van der Waals surface area contributed by atoms with Gasteiger partial charge in [-0.1, -0.05) is 139 Å². The molecule has 0 N–H and O–H groups in total. The van der Waals surface area contributed by atoms with Crippen LogP contribution in [-0.2, 0) is 0 Å². The third kappa shape index (κ3) is 7.57. The van der Waals surface area contributed by atoms with Crippen LogP contribution in [0.15, 0.2) is 182 Å². The number of aryl methyl sites for hydroxylation is 3. The van der Waals surface area contributed by atoms with Gasteiger partial charge in [0.25, 0.3) is 0 Å². The second-order valence-electron chi connectivity index (χ2n) is 12.1. The van der Waals surface area contributed by atoms with Crippen LogP contribution in [0.25, 0.3) is 21.5 Å². The molecule has 0 atom stereocenters. The highest BCUT2D eigenvalue weighted by atomic mass is 15.1. The average molecular weight is 623 g/mol. The van der Waals surface area contributed by atoms with Gasteiger partial charge in [0.2, 0.25) is 0 Å². The number of para-hydroxylation sites is 2. The molecule has 0 heterocycles. The molecular formula is C46H42N2. The summed E-state index contributed by atoms with van der Waals surface area (Å²) in [6.45, 7) is 6.43. The van der Waals surface area contributed by atoms with Gasteiger partial charge < -0.3 is 9.80 Å². The SMILES string of the molecule is Cc1ccc(N(C)c2ccccc2)cc1.Cc1ccc(N(c2ccccc2)c2ccc3ccccc3ccc(C)c3ccccc23)cc1. The third-order valence-electron chi connectivity index (χ3n) is 8.67. The average Bonchev–Trinajstić information content (AvgIpc) is 3.14. The van der Waals surface area contributed by atoms with Crippen LogP contribution in [-0.4, -0.2) is 7.05 Å². The van der Waals surface area contributed by atoms with Crippen molar-refractivity contribution in [2.24, 2.45) is 0 Å². The fourth-order valence-electron chi connectivity index (χ4n) is 5.89. The maximum Gasteiger partial charge on any atom is 0.0540 e. The Labute approximate surface area is 285 Å². The van der Waals surface area contributed by atoms with Gasteiger partial charge in [-0.15, -0.1) is 0 Å². The van der Waals surface area contributed by atoms with E-state index in [1.165, 1.54) is 49.6 Å². The zero-order valence-electron chi connectivity index (χ0n) is 28.2. The van der Waals surface area contributed by atoms with Gasteiger partial charge in [0.05, 0.1) is 5.69 Å². The lowest BCUT2D eigenvalue weighted by atomic mass is 10.0. The van der Waals surface area contributed by atoms with Crippen molar-refractivity contribution < 1.29 is 0 Å². The van der Waals surface area contributed by atoms with Crippen molar-refractivity contribution in [1.29, 1.82) is 0 Å². The minimum Gasteiger partial charge on any atom is -0.345 e. The standard InChI is InChI=1S/C32H27N.C14H15N/c1-24-16-21-29(22-17-24)33(28-12-4-3-5-13-28)32-23-20-27-11-7-6-10-26(27)19-18-25(2)30-14-8-9-15-31(30)32;1-12-8-10-14(11-9-12)15(2)13-6-4-3-5-7-13/h3-23H,1-2H3;3-11H,1-2H3. The number of anilines is 5. The molecule has 0 aliphatic heterocycles. The highest BCUT2D eigenvalue weighted by Crippen LogP contribution is 2.38. The Balaban J connectivity index is 0.000000223. The molecule has 0 aliphatic rings. The molecule has 0 aromatic heterocycles. The Morgan fingerprint density at radius 2 is 0.750 bits per heavy atom. The molecule has 0 bridgehead atoms. The van der Waals surface area contributed by atoms with Crippen LogP contribution in [0, 0.1) is 20.8 Å². The van der Waals surface area contributed by atoms with Gasteiger partial charge in [0, 0.05) is 35.2 Å². The maximum atomic E-state index is 2.36. The number of hydrogen-bond donors (Lipinski definition) is 0. The number of fused-ring (bicyclic) bond motifs is 2. The molecule has 7 rings (SSSR count). The summed E-state index contributed by atoms with van der Waals surface area (Å²) >= 11 is 0. The first kappa shape index (κ1) is 32.1. The van der Waals surface area contributed by atoms with Crippen molar-refractivity contribution in [3.05, 3.63) is 199 Å². The fraction of sp³-hybridized carbons (Fsp3) is 0.0870. The third-order valence-corrected chi connectivity index (χ3v) is 8.67. The first-order chi connectivity index (χ1) is 23.5. The van der Waals surface area contributed by atoms with Crippen LogP contribution >= 0.6 is 0 Å². The molecule has 2 heteroatoms. The van der Waals surface area contributed by atoms with Crippen LogP contribution in [0.3, 0.4) is 0 Å². The highest BCUT2D eigenvalue weighted by Gasteiger charge is 2.14. The van der Waals surface area contributed by atoms with Crippen molar-refractivity contribution in [3.63, 3.8) is 0 Å². The van der Waals surface area contributed by atoms with Gasteiger partial charge in [-0.3, -0.25) is 0 Å². The van der Waals surface area contributed by atoms with Crippen LogP contribution in [0.2, 0.25) is 0 Å². The van der Waals surface area contributed by atoms with Crippen LogP contribution < -0.4 is 9.80 Å². The first-order valence-corrected chi connectivity index (χ1v) is 16.5. The van der Waals surface area contributed by atoms with Crippen molar-refractivity contribution in [2.75, 3.05) is 16.8 Å². The number of nitrogens with zero attached hydrogens (tertiary/aromatic N) is 2. The molecule has 236 valence electrons. The molecule has 7 aromatic carbocycles. The van der Waals surface area contributed by atoms with Crippen molar-refractivity contribution in [2.45, 2.75) is 20.8 Å². The van der Waals surface area contributed by atoms with E-state index < -0.39 is 0 Å². The van der Waals surface area contributed by atoms with Crippen LogP contribution in [0.5, 0.6) is 0 Å². The number of benzene rings is 6. The van der Waals surface area contributed by atoms with Crippen LogP contribution in [0.1, 0.15) is 16.7 Å². The smallest absolute Gasteiger partial charge is 0.0540 e. The summed E-state index contributed by atoms with van der Waals surface area (Å²) < 4.78 is 0. The van der Waals surface area contributed by atoms with E-state index in [0.29, 0.717) is 0 Å². The molecule has 0 amide bonds. The monoisotopic (exact) mass is 622 g/mol. The minimum absolute atomic E-state index is 1.13. The van der Waals surface area contributed by atoms with Gasteiger partial charge in [0.15, 0.2) is 0 Å². The summed E-state index contributed by atoms with van der Waals surface area (Å²) in [6, 6.07) is 64.5. The molecule has 2 nitrogen and oxygen atoms in total. The second kappa shape index (κ2) is 15.2. The van der Waals surface area contributed by atoms with Crippen molar-refractivity contribution in [3.8, 4) is 0 Å². The minimum atomic E-state index is 1.13. The summed E-state index contributed by atoms with van der Waals surface area (Å²) in [4.78, 5) is 4.54. The molecule has 0 radical (unpaired) electrons. The van der Waals surface area contributed by atoms with Gasteiger partial charge in [-0.05, 0) is 97.1 Å². The fourth-order valence-corrected chi connectivity index (χ4v) is 5.89. The Morgan fingerprint density at radius 1 is 0.333 bits per heavy atom. The van der Waals surface area contributed by atoms with E-state index in [4.69, 9.17) is 0 Å². The van der Waals surface area contributed by atoms with E-state index in [-0.39, 0.29) is 0 Å². The predicted molar refractivity (Wildman–Crippen MR) is 209 cm³/mol. The summed E-state index contributed by atoms with van der Waals surface area (Å²) in [7, 11) is 2.08. The Kier molecular flexibility index (Phi) is 10.1. The van der Waals surface area contributed by atoms with Gasteiger partial charge >= 0.3 is 0 Å². The molecular weight excluding hydrogens is 581 g/mol. The van der Waals surface area contributed by atoms with E-state index in [1.807, 2.05) is 6.07 Å². The largest absolute Gasteiger partial charge is 0.345 e. The molecule has 0 unspecified atom stereocenters. The molecule has 48 heavy (non-hydrogen) atoms. The van der Waals surface area contributed by atoms with Crippen molar-refractivity contribution >= 4 is 50.0 Å². The topological polar surface area (TPSA) is 6.48 Å². The van der Waals surface area contributed by atoms with E-state index in [9.17, 15) is 0 Å². The molecule has 0 saturated heterocycles. The van der Waals surface area contributed by atoms with E-state index in [1.54, 1.807) is 0 Å². The first-order valence-electron chi connectivity index (χ1n) is 16.5. The van der Waals surface area contributed by atoms with E-state index >= 15 is 0 Å². The lowest BCUT2D eigenvalue weighted by molar-refractivity contribution is 1.20. The summed E-state index contributed by atoms with van der Waals surface area (Å²) in [5, 5.41) is 4.87. The zero-order chi connectivity index (χ0) is 33.3. The Morgan fingerprint density at radius 3 is 1.33 bits per heavy atom. The zero-order valence-corrected chi connectivity index (χ0v) is 28.2. The van der Waals surface area contributed by atoms with Crippen LogP contribution in [0.4, 0.5) is 28.4 Å². The van der Waals surface area contributed by atoms with E-state index in [0.717, 1.165) is 17.1 Å². The number of rotatable bonds is 5. The lowest BCUT2D eigenvalue weighted by Crippen LogP contribution is -2.10. The predicted octanol–water partition coefficient (Wildman–Crippen LogP) is 13.0. The van der Waals surface area contributed by atoms with Gasteiger partial charge in [0.1, 0.15) is 0 Å². The highest BCUT2D eigenvalue weighted by molar-refractivity contribution is 5.99. The quantitative estimate of drug-likeness (QED) is 0.188. The molecule has 0 aliphatic carbocycles. The molecule has 0 fully saturated rings. The molecule has 0 spiro atoms. The Hall–Kier alpha value is -5.86.